The number of hydrogen-bond donors (Lipinski definition) is 0. The quantitative estimate of drug-likeness (QED) is 0.0710. The topological polar surface area (TPSA) is 57.2 Å². The lowest BCUT2D eigenvalue weighted by atomic mass is 10.0. The number of unbranched alkanes of at least 4 members (excludes halogenated alkanes) is 15. The van der Waals surface area contributed by atoms with Gasteiger partial charge in [0.2, 0.25) is 0 Å². The molecule has 0 spiro atoms. The maximum Gasteiger partial charge on any atom is 0.485 e. The van der Waals surface area contributed by atoms with Crippen LogP contribution in [0.15, 0.2) is 70.5 Å². The molecule has 0 heterocycles. The molecule has 0 aliphatic heterocycles. The van der Waals surface area contributed by atoms with Crippen LogP contribution in [0.2, 0.25) is 0 Å². The van der Waals surface area contributed by atoms with Crippen LogP contribution in [-0.2, 0) is 21.0 Å². The van der Waals surface area contributed by atoms with Gasteiger partial charge in [0.05, 0.1) is 10.9 Å². The van der Waals surface area contributed by atoms with Crippen LogP contribution in [0.5, 0.6) is 0 Å². The molecule has 0 saturated carbocycles. The molecule has 0 atom stereocenters. The number of alkyl halides is 3. The Labute approximate surface area is 238 Å². The number of halogens is 3. The van der Waals surface area contributed by atoms with E-state index in [1.54, 1.807) is 0 Å². The van der Waals surface area contributed by atoms with Gasteiger partial charge in [-0.15, -0.1) is 0 Å². The first-order valence-electron chi connectivity index (χ1n) is 14.5. The first kappa shape index (κ1) is 35.5. The standard InChI is InChI=1S/C30H47S.CHF3O3S/c1-2-3-4-5-6-7-8-9-10-11-12-13-14-15-16-23-28-31(29-24-19-17-20-25-29)30-26-21-18-22-27-30;2-1(3,4)8(5,6)7/h17-22,24-27H,2-16,23,28H2,1H3;(H,5,6,7)/q+1;/p-1. The minimum absolute atomic E-state index is 0.231. The van der Waals surface area contributed by atoms with Crippen molar-refractivity contribution in [1.82, 2.24) is 0 Å². The summed E-state index contributed by atoms with van der Waals surface area (Å²) in [5, 5.41) is 0. The van der Waals surface area contributed by atoms with E-state index in [2.05, 4.69) is 67.6 Å². The van der Waals surface area contributed by atoms with Gasteiger partial charge < -0.3 is 4.55 Å². The Morgan fingerprint density at radius 1 is 0.590 bits per heavy atom. The van der Waals surface area contributed by atoms with Crippen LogP contribution in [0.3, 0.4) is 0 Å². The van der Waals surface area contributed by atoms with Crippen molar-refractivity contribution in [1.29, 1.82) is 0 Å². The van der Waals surface area contributed by atoms with Crippen LogP contribution in [0.4, 0.5) is 13.2 Å². The Balaban J connectivity index is 0.000000824. The van der Waals surface area contributed by atoms with Crippen LogP contribution < -0.4 is 0 Å². The minimum atomic E-state index is -6.09. The molecule has 2 aromatic rings. The van der Waals surface area contributed by atoms with Gasteiger partial charge in [-0.2, -0.15) is 13.2 Å². The maximum atomic E-state index is 10.7. The normalized spacial score (nSPS) is 11.8. The highest BCUT2D eigenvalue weighted by atomic mass is 32.2. The molecule has 222 valence electrons. The van der Waals surface area contributed by atoms with E-state index in [1.807, 2.05) is 0 Å². The van der Waals surface area contributed by atoms with E-state index in [-0.39, 0.29) is 10.9 Å². The molecule has 3 nitrogen and oxygen atoms in total. The van der Waals surface area contributed by atoms with Crippen molar-refractivity contribution >= 4 is 21.0 Å². The van der Waals surface area contributed by atoms with Crippen LogP contribution in [-0.4, -0.2) is 24.2 Å². The summed E-state index contributed by atoms with van der Waals surface area (Å²) in [6.45, 7) is 2.30. The third kappa shape index (κ3) is 17.7. The predicted octanol–water partition coefficient (Wildman–Crippen LogP) is 10.0. The van der Waals surface area contributed by atoms with Crippen molar-refractivity contribution in [3.05, 3.63) is 60.7 Å². The van der Waals surface area contributed by atoms with E-state index in [4.69, 9.17) is 13.0 Å². The molecule has 8 heteroatoms. The van der Waals surface area contributed by atoms with Gasteiger partial charge in [-0.25, -0.2) is 8.42 Å². The molecule has 0 bridgehead atoms. The van der Waals surface area contributed by atoms with Crippen LogP contribution in [0.25, 0.3) is 0 Å². The van der Waals surface area contributed by atoms with E-state index in [1.165, 1.54) is 118 Å². The minimum Gasteiger partial charge on any atom is -0.741 e. The average Bonchev–Trinajstić information content (AvgIpc) is 2.91. The highest BCUT2D eigenvalue weighted by Gasteiger charge is 2.36. The smallest absolute Gasteiger partial charge is 0.485 e. The van der Waals surface area contributed by atoms with Gasteiger partial charge in [-0.05, 0) is 37.1 Å². The number of hydrogen-bond acceptors (Lipinski definition) is 3. The van der Waals surface area contributed by atoms with E-state index in [0.29, 0.717) is 0 Å². The average molecular weight is 589 g/mol. The lowest BCUT2D eigenvalue weighted by molar-refractivity contribution is -0.0517. The molecule has 0 aromatic heterocycles. The van der Waals surface area contributed by atoms with E-state index in [0.717, 1.165) is 0 Å². The van der Waals surface area contributed by atoms with Crippen molar-refractivity contribution in [2.45, 2.75) is 125 Å². The van der Waals surface area contributed by atoms with Crippen LogP contribution in [0.1, 0.15) is 110 Å². The molecule has 0 N–H and O–H groups in total. The van der Waals surface area contributed by atoms with Gasteiger partial charge in [0.25, 0.3) is 0 Å². The highest BCUT2D eigenvalue weighted by molar-refractivity contribution is 7.97. The van der Waals surface area contributed by atoms with Gasteiger partial charge in [-0.3, -0.25) is 0 Å². The van der Waals surface area contributed by atoms with Gasteiger partial charge in [0.15, 0.2) is 19.9 Å². The number of rotatable bonds is 19. The summed E-state index contributed by atoms with van der Waals surface area (Å²) in [4.78, 5) is 2.99. The largest absolute Gasteiger partial charge is 0.741 e. The first-order valence-corrected chi connectivity index (χ1v) is 17.3. The Hall–Kier alpha value is -1.51. The summed E-state index contributed by atoms with van der Waals surface area (Å²) >= 11 is 0. The lowest BCUT2D eigenvalue weighted by Gasteiger charge is -2.08. The summed E-state index contributed by atoms with van der Waals surface area (Å²) in [6, 6.07) is 22.2. The summed E-state index contributed by atoms with van der Waals surface area (Å²) in [6.07, 6.45) is 23.0. The van der Waals surface area contributed by atoms with Crippen molar-refractivity contribution in [3.8, 4) is 0 Å². The van der Waals surface area contributed by atoms with Gasteiger partial charge in [0.1, 0.15) is 5.75 Å². The SMILES string of the molecule is CCCCCCCCCCCCCCCCCC[S+](c1ccccc1)c1ccccc1.O=S(=O)([O-])C(F)(F)F. The van der Waals surface area contributed by atoms with Gasteiger partial charge in [0, 0.05) is 0 Å². The highest BCUT2D eigenvalue weighted by Crippen LogP contribution is 2.25. The molecule has 2 aromatic carbocycles. The molecule has 39 heavy (non-hydrogen) atoms. The second-order valence-electron chi connectivity index (χ2n) is 9.92. The van der Waals surface area contributed by atoms with Crippen molar-refractivity contribution in [3.63, 3.8) is 0 Å². The van der Waals surface area contributed by atoms with Gasteiger partial charge >= 0.3 is 5.51 Å². The fourth-order valence-corrected chi connectivity index (χ4v) is 6.54. The van der Waals surface area contributed by atoms with Crippen molar-refractivity contribution in [2.75, 3.05) is 5.75 Å². The molecule has 2 rings (SSSR count). The fourth-order valence-electron chi connectivity index (χ4n) is 4.34. The first-order chi connectivity index (χ1) is 18.7. The Kier molecular flexibility index (Phi) is 19.4. The molecule has 0 fully saturated rings. The third-order valence-electron chi connectivity index (χ3n) is 6.54. The maximum absolute atomic E-state index is 10.7. The third-order valence-corrected chi connectivity index (χ3v) is 9.49. The summed E-state index contributed by atoms with van der Waals surface area (Å²) in [5.41, 5.74) is -5.65. The summed E-state index contributed by atoms with van der Waals surface area (Å²) in [5.74, 6) is 1.30. The molecular formula is C31H47F3O3S2. The number of benzene rings is 2. The zero-order valence-electron chi connectivity index (χ0n) is 23.5. The Bertz CT molecular complexity index is 897. The molecule has 0 radical (unpaired) electrons. The molecule has 0 amide bonds. The lowest BCUT2D eigenvalue weighted by Crippen LogP contribution is -2.21. The van der Waals surface area contributed by atoms with E-state index >= 15 is 0 Å². The van der Waals surface area contributed by atoms with Gasteiger partial charge in [-0.1, -0.05) is 133 Å². The fraction of sp³-hybridized carbons (Fsp3) is 0.613. The zero-order chi connectivity index (χ0) is 28.8. The molecule has 0 aliphatic carbocycles. The van der Waals surface area contributed by atoms with E-state index in [9.17, 15) is 13.2 Å². The summed E-state index contributed by atoms with van der Waals surface area (Å²) in [7, 11) is -5.86. The Morgan fingerprint density at radius 3 is 1.15 bits per heavy atom. The molecular weight excluding hydrogens is 541 g/mol. The predicted molar refractivity (Wildman–Crippen MR) is 157 cm³/mol. The second kappa shape index (κ2) is 21.3. The molecule has 0 saturated heterocycles. The van der Waals surface area contributed by atoms with Crippen LogP contribution in [0, 0.1) is 0 Å². The van der Waals surface area contributed by atoms with Crippen molar-refractivity contribution < 1.29 is 26.1 Å². The second-order valence-corrected chi connectivity index (χ2v) is 13.4. The molecule has 0 aliphatic rings. The van der Waals surface area contributed by atoms with Crippen LogP contribution >= 0.6 is 0 Å². The Morgan fingerprint density at radius 2 is 0.872 bits per heavy atom. The monoisotopic (exact) mass is 588 g/mol. The molecule has 0 unspecified atom stereocenters. The zero-order valence-corrected chi connectivity index (χ0v) is 25.1. The van der Waals surface area contributed by atoms with E-state index < -0.39 is 15.6 Å². The van der Waals surface area contributed by atoms with Crippen molar-refractivity contribution in [2.24, 2.45) is 0 Å². The summed E-state index contributed by atoms with van der Waals surface area (Å²) < 4.78 is 58.9.